The number of aromatic amines is 1. The van der Waals surface area contributed by atoms with E-state index in [2.05, 4.69) is 23.8 Å². The lowest BCUT2D eigenvalue weighted by Crippen LogP contribution is -2.39. The first-order chi connectivity index (χ1) is 8.87. The Labute approximate surface area is 113 Å². The molecule has 2 rings (SSSR count). The Bertz CT molecular complexity index is 498. The summed E-state index contributed by atoms with van der Waals surface area (Å²) in [5.41, 5.74) is -0.619. The van der Waals surface area contributed by atoms with Crippen molar-refractivity contribution in [2.45, 2.75) is 52.1 Å². The summed E-state index contributed by atoms with van der Waals surface area (Å²) in [6.45, 7) is 6.96. The number of hydrogen-bond donors (Lipinski definition) is 2. The topological polar surface area (TPSA) is 75.2 Å². The maximum Gasteiger partial charge on any atom is 0.254 e. The van der Waals surface area contributed by atoms with E-state index in [-0.39, 0.29) is 16.9 Å². The average Bonchev–Trinajstić information content (AvgIpc) is 2.31. The minimum atomic E-state index is -0.567. The van der Waals surface area contributed by atoms with Gasteiger partial charge in [0, 0.05) is 6.61 Å². The van der Waals surface area contributed by atoms with Crippen molar-refractivity contribution in [3.63, 3.8) is 0 Å². The molecule has 0 aliphatic heterocycles. The quantitative estimate of drug-likeness (QED) is 0.880. The van der Waals surface area contributed by atoms with Crippen molar-refractivity contribution in [2.24, 2.45) is 5.41 Å². The van der Waals surface area contributed by atoms with Crippen LogP contribution in [0.1, 0.15) is 52.3 Å². The third-order valence-electron chi connectivity index (χ3n) is 3.99. The Morgan fingerprint density at radius 1 is 1.37 bits per heavy atom. The Kier molecular flexibility index (Phi) is 3.67. The maximum absolute atomic E-state index is 11.5. The van der Waals surface area contributed by atoms with Gasteiger partial charge >= 0.3 is 0 Å². The van der Waals surface area contributed by atoms with Gasteiger partial charge in [-0.25, -0.2) is 0 Å². The zero-order chi connectivity index (χ0) is 14.1. The number of nitrogens with zero attached hydrogens (tertiary/aromatic N) is 1. The van der Waals surface area contributed by atoms with Crippen molar-refractivity contribution in [1.82, 2.24) is 9.97 Å². The van der Waals surface area contributed by atoms with E-state index in [1.807, 2.05) is 6.92 Å². The fraction of sp³-hybridized carbons (Fsp3) is 0.714. The number of aromatic hydroxyl groups is 1. The molecule has 0 radical (unpaired) electrons. The molecule has 1 aliphatic rings. The summed E-state index contributed by atoms with van der Waals surface area (Å²) < 4.78 is 5.92. The fourth-order valence-electron chi connectivity index (χ4n) is 2.72. The van der Waals surface area contributed by atoms with Gasteiger partial charge in [0.1, 0.15) is 11.4 Å². The SMILES string of the molecule is CCOC1(c2nc(O)cc(=O)[nH]2)CCC(C)(C)CC1. The molecule has 0 spiro atoms. The second-order valence-electron chi connectivity index (χ2n) is 6.04. The molecule has 0 aromatic carbocycles. The molecule has 5 heteroatoms. The van der Waals surface area contributed by atoms with Crippen LogP contribution in [0.3, 0.4) is 0 Å². The van der Waals surface area contributed by atoms with Crippen LogP contribution in [0.4, 0.5) is 0 Å². The van der Waals surface area contributed by atoms with Gasteiger partial charge in [0.15, 0.2) is 0 Å². The molecule has 2 N–H and O–H groups in total. The first-order valence-corrected chi connectivity index (χ1v) is 6.82. The van der Waals surface area contributed by atoms with Crippen LogP contribution in [0.15, 0.2) is 10.9 Å². The molecule has 0 amide bonds. The van der Waals surface area contributed by atoms with Gasteiger partial charge in [0.25, 0.3) is 5.56 Å². The molecule has 0 atom stereocenters. The number of hydrogen-bond acceptors (Lipinski definition) is 4. The molecule has 1 aromatic rings. The van der Waals surface area contributed by atoms with Crippen LogP contribution >= 0.6 is 0 Å². The highest BCUT2D eigenvalue weighted by atomic mass is 16.5. The maximum atomic E-state index is 11.5. The number of nitrogens with one attached hydrogen (secondary N) is 1. The summed E-state index contributed by atoms with van der Waals surface area (Å²) in [7, 11) is 0. The molecule has 0 bridgehead atoms. The summed E-state index contributed by atoms with van der Waals surface area (Å²) in [4.78, 5) is 18.3. The Morgan fingerprint density at radius 2 is 2.00 bits per heavy atom. The molecule has 5 nitrogen and oxygen atoms in total. The summed E-state index contributed by atoms with van der Waals surface area (Å²) >= 11 is 0. The second-order valence-corrected chi connectivity index (χ2v) is 6.04. The predicted molar refractivity (Wildman–Crippen MR) is 72.1 cm³/mol. The highest BCUT2D eigenvalue weighted by Crippen LogP contribution is 2.46. The predicted octanol–water partition coefficient (Wildman–Crippen LogP) is 2.31. The minimum Gasteiger partial charge on any atom is -0.493 e. The largest absolute Gasteiger partial charge is 0.493 e. The van der Waals surface area contributed by atoms with E-state index < -0.39 is 5.60 Å². The van der Waals surface area contributed by atoms with Crippen molar-refractivity contribution in [2.75, 3.05) is 6.61 Å². The standard InChI is InChI=1S/C14H22N2O3/c1-4-19-14(7-5-13(2,3)6-8-14)12-15-10(17)9-11(18)16-12/h9H,4-8H2,1-3H3,(H2,15,16,17,18). The Balaban J connectivity index is 2.37. The summed E-state index contributed by atoms with van der Waals surface area (Å²) in [5, 5.41) is 9.52. The van der Waals surface area contributed by atoms with Gasteiger partial charge in [-0.15, -0.1) is 0 Å². The van der Waals surface area contributed by atoms with E-state index in [1.54, 1.807) is 0 Å². The van der Waals surface area contributed by atoms with Crippen molar-refractivity contribution >= 4 is 0 Å². The molecule has 1 aliphatic carbocycles. The third kappa shape index (κ3) is 2.97. The van der Waals surface area contributed by atoms with Crippen molar-refractivity contribution < 1.29 is 9.84 Å². The first kappa shape index (κ1) is 14.1. The summed E-state index contributed by atoms with van der Waals surface area (Å²) in [5.74, 6) is 0.206. The number of ether oxygens (including phenoxy) is 1. The average molecular weight is 266 g/mol. The molecule has 0 saturated heterocycles. The second kappa shape index (κ2) is 4.96. The van der Waals surface area contributed by atoms with E-state index in [0.717, 1.165) is 31.7 Å². The first-order valence-electron chi connectivity index (χ1n) is 6.82. The van der Waals surface area contributed by atoms with E-state index in [1.165, 1.54) is 0 Å². The number of aromatic nitrogens is 2. The van der Waals surface area contributed by atoms with Crippen molar-refractivity contribution in [1.29, 1.82) is 0 Å². The van der Waals surface area contributed by atoms with Gasteiger partial charge in [-0.2, -0.15) is 4.98 Å². The fourth-order valence-corrected chi connectivity index (χ4v) is 2.72. The smallest absolute Gasteiger partial charge is 0.254 e. The molecule has 1 saturated carbocycles. The van der Waals surface area contributed by atoms with Crippen LogP contribution in [-0.2, 0) is 10.3 Å². The van der Waals surface area contributed by atoms with Gasteiger partial charge in [-0.05, 0) is 38.0 Å². The number of rotatable bonds is 3. The van der Waals surface area contributed by atoms with Crippen LogP contribution in [0, 0.1) is 5.41 Å². The van der Waals surface area contributed by atoms with Crippen LogP contribution in [0.5, 0.6) is 5.88 Å². The Hall–Kier alpha value is -1.36. The zero-order valence-corrected chi connectivity index (χ0v) is 11.8. The molecular formula is C14H22N2O3. The monoisotopic (exact) mass is 266 g/mol. The lowest BCUT2D eigenvalue weighted by Gasteiger charge is -2.42. The molecule has 1 fully saturated rings. The molecular weight excluding hydrogens is 244 g/mol. The third-order valence-corrected chi connectivity index (χ3v) is 3.99. The molecule has 1 aromatic heterocycles. The van der Waals surface area contributed by atoms with E-state index in [0.29, 0.717) is 12.4 Å². The zero-order valence-electron chi connectivity index (χ0n) is 11.8. The van der Waals surface area contributed by atoms with Gasteiger partial charge in [0.2, 0.25) is 5.88 Å². The van der Waals surface area contributed by atoms with E-state index in [4.69, 9.17) is 4.74 Å². The highest BCUT2D eigenvalue weighted by molar-refractivity contribution is 5.13. The lowest BCUT2D eigenvalue weighted by atomic mass is 9.70. The normalized spacial score (nSPS) is 21.2. The Morgan fingerprint density at radius 3 is 2.53 bits per heavy atom. The number of H-pyrrole nitrogens is 1. The highest BCUT2D eigenvalue weighted by Gasteiger charge is 2.42. The van der Waals surface area contributed by atoms with Gasteiger partial charge in [-0.3, -0.25) is 4.79 Å². The van der Waals surface area contributed by atoms with Gasteiger partial charge < -0.3 is 14.8 Å². The van der Waals surface area contributed by atoms with Gasteiger partial charge in [0.05, 0.1) is 6.07 Å². The summed E-state index contributed by atoms with van der Waals surface area (Å²) in [6, 6.07) is 1.08. The molecule has 19 heavy (non-hydrogen) atoms. The molecule has 106 valence electrons. The van der Waals surface area contributed by atoms with E-state index in [9.17, 15) is 9.90 Å². The van der Waals surface area contributed by atoms with Crippen molar-refractivity contribution in [3.05, 3.63) is 22.2 Å². The molecule has 1 heterocycles. The van der Waals surface area contributed by atoms with Crippen molar-refractivity contribution in [3.8, 4) is 5.88 Å². The van der Waals surface area contributed by atoms with Crippen LogP contribution in [-0.4, -0.2) is 21.7 Å². The lowest BCUT2D eigenvalue weighted by molar-refractivity contribution is -0.0951. The van der Waals surface area contributed by atoms with Crippen LogP contribution in [0.2, 0.25) is 0 Å². The molecule has 0 unspecified atom stereocenters. The minimum absolute atomic E-state index is 0.248. The van der Waals surface area contributed by atoms with E-state index >= 15 is 0 Å². The van der Waals surface area contributed by atoms with Gasteiger partial charge in [-0.1, -0.05) is 13.8 Å². The van der Waals surface area contributed by atoms with Crippen LogP contribution < -0.4 is 5.56 Å². The summed E-state index contributed by atoms with van der Waals surface area (Å²) in [6.07, 6.45) is 3.62. The van der Waals surface area contributed by atoms with Crippen LogP contribution in [0.25, 0.3) is 0 Å².